The Bertz CT molecular complexity index is 331. The molecular weight excluding hydrogens is 332 g/mol. The van der Waals surface area contributed by atoms with Crippen LogP contribution in [0.15, 0.2) is 12.2 Å². The number of thioether (sulfide) groups is 1. The Morgan fingerprint density at radius 2 is 1.56 bits per heavy atom. The summed E-state index contributed by atoms with van der Waals surface area (Å²) in [6.07, 6.45) is 18.3. The smallest absolute Gasteiger partial charge is 0.303 e. The van der Waals surface area contributed by atoms with Gasteiger partial charge in [-0.15, -0.1) is 0 Å². The van der Waals surface area contributed by atoms with Crippen molar-refractivity contribution in [3.63, 3.8) is 0 Å². The summed E-state index contributed by atoms with van der Waals surface area (Å²) in [5, 5.41) is 19.0. The lowest BCUT2D eigenvalue weighted by Crippen LogP contribution is -2.21. The van der Waals surface area contributed by atoms with Gasteiger partial charge in [0.05, 0.1) is 6.10 Å². The molecule has 0 aliphatic carbocycles. The van der Waals surface area contributed by atoms with Crippen molar-refractivity contribution in [1.82, 2.24) is 0 Å². The molecule has 0 radical (unpaired) electrons. The number of hydrogen-bond acceptors (Lipinski definition) is 3. The van der Waals surface area contributed by atoms with Crippen LogP contribution < -0.4 is 0 Å². The molecule has 0 fully saturated rings. The Kier molecular flexibility index (Phi) is 18.0. The zero-order chi connectivity index (χ0) is 18.8. The number of unbranched alkanes of at least 4 members (excludes halogenated alkanes) is 9. The lowest BCUT2D eigenvalue weighted by atomic mass is 10.1. The molecule has 0 aromatic heterocycles. The third-order valence-corrected chi connectivity index (χ3v) is 5.62. The second kappa shape index (κ2) is 18.3. The number of carbonyl (C=O) groups is 1. The Morgan fingerprint density at radius 1 is 0.960 bits per heavy atom. The molecule has 0 aliphatic rings. The molecule has 0 bridgehead atoms. The summed E-state index contributed by atoms with van der Waals surface area (Å²) in [7, 11) is 0. The third-order valence-electron chi connectivity index (χ3n) is 4.43. The predicted octanol–water partition coefficient (Wildman–Crippen LogP) is 6.20. The fourth-order valence-electron chi connectivity index (χ4n) is 2.92. The predicted molar refractivity (Wildman–Crippen MR) is 110 cm³/mol. The van der Waals surface area contributed by atoms with Crippen molar-refractivity contribution in [1.29, 1.82) is 0 Å². The van der Waals surface area contributed by atoms with Gasteiger partial charge in [0.1, 0.15) is 0 Å². The molecule has 2 atom stereocenters. The van der Waals surface area contributed by atoms with Gasteiger partial charge >= 0.3 is 5.97 Å². The molecule has 0 heterocycles. The molecule has 0 aromatic carbocycles. The molecule has 3 nitrogen and oxygen atoms in total. The van der Waals surface area contributed by atoms with Crippen LogP contribution in [0.3, 0.4) is 0 Å². The summed E-state index contributed by atoms with van der Waals surface area (Å²) >= 11 is 1.74. The summed E-state index contributed by atoms with van der Waals surface area (Å²) in [6.45, 7) is 4.35. The minimum atomic E-state index is -0.784. The molecule has 0 saturated heterocycles. The Hall–Kier alpha value is -0.480. The number of aliphatic carboxylic acids is 1. The topological polar surface area (TPSA) is 57.5 Å². The van der Waals surface area contributed by atoms with Crippen molar-refractivity contribution in [2.24, 2.45) is 0 Å². The van der Waals surface area contributed by atoms with E-state index in [2.05, 4.69) is 26.0 Å². The zero-order valence-corrected chi connectivity index (χ0v) is 17.2. The van der Waals surface area contributed by atoms with Gasteiger partial charge in [0, 0.05) is 11.7 Å². The van der Waals surface area contributed by atoms with Crippen LogP contribution in [0.2, 0.25) is 0 Å². The molecule has 25 heavy (non-hydrogen) atoms. The van der Waals surface area contributed by atoms with Crippen LogP contribution in [0.5, 0.6) is 0 Å². The van der Waals surface area contributed by atoms with Gasteiger partial charge < -0.3 is 10.2 Å². The van der Waals surface area contributed by atoms with E-state index in [0.29, 0.717) is 12.8 Å². The zero-order valence-electron chi connectivity index (χ0n) is 16.4. The SMILES string of the molecule is CCCCCCCCCCC/C=C\[C@@H](SCC)[C@@H](O)CCCC(=O)O. The summed E-state index contributed by atoms with van der Waals surface area (Å²) < 4.78 is 0. The van der Waals surface area contributed by atoms with Gasteiger partial charge in [-0.05, 0) is 31.4 Å². The van der Waals surface area contributed by atoms with Crippen molar-refractivity contribution in [3.05, 3.63) is 12.2 Å². The lowest BCUT2D eigenvalue weighted by Gasteiger charge is -2.18. The first-order valence-corrected chi connectivity index (χ1v) is 11.3. The van der Waals surface area contributed by atoms with Crippen molar-refractivity contribution in [3.8, 4) is 0 Å². The highest BCUT2D eigenvalue weighted by Crippen LogP contribution is 2.20. The Balaban J connectivity index is 3.75. The number of carboxylic acids is 1. The van der Waals surface area contributed by atoms with Gasteiger partial charge in [0.15, 0.2) is 0 Å². The minimum Gasteiger partial charge on any atom is -0.481 e. The third kappa shape index (κ3) is 16.7. The van der Waals surface area contributed by atoms with Crippen LogP contribution in [0.25, 0.3) is 0 Å². The normalized spacial score (nSPS) is 14.0. The number of carboxylic acid groups (broad SMARTS) is 1. The van der Waals surface area contributed by atoms with E-state index in [9.17, 15) is 9.90 Å². The minimum absolute atomic E-state index is 0.0948. The lowest BCUT2D eigenvalue weighted by molar-refractivity contribution is -0.137. The van der Waals surface area contributed by atoms with Gasteiger partial charge in [-0.2, -0.15) is 11.8 Å². The average Bonchev–Trinajstić information content (AvgIpc) is 2.58. The molecule has 148 valence electrons. The van der Waals surface area contributed by atoms with Crippen molar-refractivity contribution in [2.75, 3.05) is 5.75 Å². The highest BCUT2D eigenvalue weighted by molar-refractivity contribution is 8.00. The van der Waals surface area contributed by atoms with E-state index in [1.165, 1.54) is 57.8 Å². The standard InChI is InChI=1S/C21H40O3S/c1-3-5-6-7-8-9-10-11-12-13-14-17-20(25-4-2)19(22)16-15-18-21(23)24/h14,17,19-20,22H,3-13,15-16,18H2,1-2H3,(H,23,24)/b17-14-/t19-,20+/m0/s1. The number of hydrogen-bond donors (Lipinski definition) is 2. The van der Waals surface area contributed by atoms with Crippen LogP contribution in [-0.4, -0.2) is 33.3 Å². The maximum absolute atomic E-state index is 10.6. The van der Waals surface area contributed by atoms with E-state index in [0.717, 1.165) is 12.2 Å². The van der Waals surface area contributed by atoms with E-state index in [1.54, 1.807) is 11.8 Å². The van der Waals surface area contributed by atoms with Crippen LogP contribution >= 0.6 is 11.8 Å². The molecule has 4 heteroatoms. The Morgan fingerprint density at radius 3 is 2.12 bits per heavy atom. The summed E-state index contributed by atoms with van der Waals surface area (Å²) in [5.41, 5.74) is 0. The van der Waals surface area contributed by atoms with E-state index in [4.69, 9.17) is 5.11 Å². The van der Waals surface area contributed by atoms with Gasteiger partial charge in [-0.1, -0.05) is 77.4 Å². The first kappa shape index (κ1) is 24.5. The second-order valence-electron chi connectivity index (χ2n) is 6.82. The second-order valence-corrected chi connectivity index (χ2v) is 8.27. The fraction of sp³-hybridized carbons (Fsp3) is 0.857. The van der Waals surface area contributed by atoms with Gasteiger partial charge in [-0.3, -0.25) is 4.79 Å². The quantitative estimate of drug-likeness (QED) is 0.222. The van der Waals surface area contributed by atoms with E-state index >= 15 is 0 Å². The fourth-order valence-corrected chi connectivity index (χ4v) is 3.88. The van der Waals surface area contributed by atoms with Crippen molar-refractivity contribution < 1.29 is 15.0 Å². The van der Waals surface area contributed by atoms with Gasteiger partial charge in [0.2, 0.25) is 0 Å². The maximum atomic E-state index is 10.6. The molecule has 0 amide bonds. The summed E-state index contributed by atoms with van der Waals surface area (Å²) in [4.78, 5) is 10.6. The van der Waals surface area contributed by atoms with Gasteiger partial charge in [-0.25, -0.2) is 0 Å². The molecule has 2 N–H and O–H groups in total. The first-order valence-electron chi connectivity index (χ1n) is 10.3. The molecule has 0 aliphatic heterocycles. The average molecular weight is 373 g/mol. The van der Waals surface area contributed by atoms with E-state index in [1.807, 2.05) is 0 Å². The number of rotatable bonds is 18. The summed E-state index contributed by atoms with van der Waals surface area (Å²) in [6, 6.07) is 0. The van der Waals surface area contributed by atoms with Crippen LogP contribution in [0.1, 0.15) is 97.3 Å². The highest BCUT2D eigenvalue weighted by atomic mass is 32.2. The Labute approximate surface area is 159 Å². The molecule has 0 unspecified atom stereocenters. The first-order chi connectivity index (χ1) is 12.1. The van der Waals surface area contributed by atoms with Crippen LogP contribution in [0.4, 0.5) is 0 Å². The van der Waals surface area contributed by atoms with E-state index < -0.39 is 12.1 Å². The largest absolute Gasteiger partial charge is 0.481 e. The number of aliphatic hydroxyl groups is 1. The van der Waals surface area contributed by atoms with Crippen molar-refractivity contribution >= 4 is 17.7 Å². The number of aliphatic hydroxyl groups excluding tert-OH is 1. The van der Waals surface area contributed by atoms with Crippen molar-refractivity contribution in [2.45, 2.75) is 109 Å². The monoisotopic (exact) mass is 372 g/mol. The van der Waals surface area contributed by atoms with Crippen LogP contribution in [0, 0.1) is 0 Å². The molecule has 0 aromatic rings. The molecule has 0 saturated carbocycles. The van der Waals surface area contributed by atoms with E-state index in [-0.39, 0.29) is 11.7 Å². The molecule has 0 spiro atoms. The van der Waals surface area contributed by atoms with Gasteiger partial charge in [0.25, 0.3) is 0 Å². The molecular formula is C21H40O3S. The molecule has 0 rings (SSSR count). The summed E-state index contributed by atoms with van der Waals surface area (Å²) in [5.74, 6) is 0.177. The maximum Gasteiger partial charge on any atom is 0.303 e. The van der Waals surface area contributed by atoms with Crippen LogP contribution in [-0.2, 0) is 4.79 Å². The highest BCUT2D eigenvalue weighted by Gasteiger charge is 2.16. The number of allylic oxidation sites excluding steroid dienone is 1.